The van der Waals surface area contributed by atoms with E-state index in [4.69, 9.17) is 0 Å². The van der Waals surface area contributed by atoms with Crippen molar-refractivity contribution in [1.82, 2.24) is 10.2 Å². The van der Waals surface area contributed by atoms with E-state index in [1.54, 1.807) is 0 Å². The van der Waals surface area contributed by atoms with Gasteiger partial charge in [0.05, 0.1) is 6.04 Å². The fourth-order valence-electron chi connectivity index (χ4n) is 5.70. The molecule has 0 unspecified atom stereocenters. The quantitative estimate of drug-likeness (QED) is 0.430. The van der Waals surface area contributed by atoms with Gasteiger partial charge in [0.25, 0.3) is 5.91 Å². The molecule has 1 heterocycles. The van der Waals surface area contributed by atoms with Crippen molar-refractivity contribution in [2.24, 2.45) is 5.92 Å². The Kier molecular flexibility index (Phi) is 7.63. The summed E-state index contributed by atoms with van der Waals surface area (Å²) in [4.78, 5) is 15.4. The summed E-state index contributed by atoms with van der Waals surface area (Å²) < 4.78 is 0. The summed E-state index contributed by atoms with van der Waals surface area (Å²) >= 11 is 0. The van der Waals surface area contributed by atoms with Gasteiger partial charge in [0, 0.05) is 12.1 Å². The average molecular weight is 467 g/mol. The van der Waals surface area contributed by atoms with Crippen molar-refractivity contribution in [1.29, 1.82) is 0 Å². The van der Waals surface area contributed by atoms with Crippen molar-refractivity contribution in [2.75, 3.05) is 13.1 Å². The number of rotatable bonds is 7. The number of carbonyl (C=O) groups excluding carboxylic acids is 1. The fourth-order valence-corrected chi connectivity index (χ4v) is 5.70. The Morgan fingerprint density at radius 3 is 2.34 bits per heavy atom. The highest BCUT2D eigenvalue weighted by Crippen LogP contribution is 2.25. The molecule has 3 aromatic rings. The van der Waals surface area contributed by atoms with Crippen LogP contribution in [0, 0.1) is 5.92 Å². The molecule has 0 saturated carbocycles. The monoisotopic (exact) mass is 466 g/mol. The first kappa shape index (κ1) is 23.8. The number of carbonyl (C=O) groups is 1. The minimum atomic E-state index is 0.00324. The number of amides is 1. The summed E-state index contributed by atoms with van der Waals surface area (Å²) in [5, 5.41) is 3.20. The molecule has 3 nitrogen and oxygen atoms in total. The van der Waals surface area contributed by atoms with Crippen LogP contribution in [-0.4, -0.2) is 23.9 Å². The van der Waals surface area contributed by atoms with Gasteiger partial charge in [-0.15, -0.1) is 0 Å². The highest BCUT2D eigenvalue weighted by atomic mass is 16.1. The lowest BCUT2D eigenvalue weighted by molar-refractivity contribution is 0.0940. The Bertz CT molecular complexity index is 1110. The third-order valence-corrected chi connectivity index (χ3v) is 7.92. The number of fused-ring (bicyclic) bond motifs is 1. The van der Waals surface area contributed by atoms with Gasteiger partial charge in [0.1, 0.15) is 0 Å². The van der Waals surface area contributed by atoms with Crippen LogP contribution in [0.2, 0.25) is 0 Å². The number of piperidine rings is 1. The Hall–Kier alpha value is -2.91. The van der Waals surface area contributed by atoms with Gasteiger partial charge in [0.2, 0.25) is 0 Å². The molecule has 0 bridgehead atoms. The number of hydrogen-bond donors (Lipinski definition) is 1. The smallest absolute Gasteiger partial charge is 0.251 e. The largest absolute Gasteiger partial charge is 0.346 e. The molecule has 3 aromatic carbocycles. The van der Waals surface area contributed by atoms with E-state index in [9.17, 15) is 4.79 Å². The predicted molar refractivity (Wildman–Crippen MR) is 144 cm³/mol. The molecular weight excluding hydrogens is 428 g/mol. The number of aryl methyl sites for hydroxylation is 2. The highest BCUT2D eigenvalue weighted by molar-refractivity contribution is 5.94. The van der Waals surface area contributed by atoms with Crippen LogP contribution in [0.15, 0.2) is 72.8 Å². The first-order valence-electron chi connectivity index (χ1n) is 13.4. The topological polar surface area (TPSA) is 32.3 Å². The number of hydrogen-bond acceptors (Lipinski definition) is 2. The second-order valence-corrected chi connectivity index (χ2v) is 10.5. The van der Waals surface area contributed by atoms with Crippen LogP contribution in [0.4, 0.5) is 0 Å². The van der Waals surface area contributed by atoms with Crippen molar-refractivity contribution in [3.05, 3.63) is 106 Å². The van der Waals surface area contributed by atoms with Crippen LogP contribution in [0.25, 0.3) is 0 Å². The van der Waals surface area contributed by atoms with Gasteiger partial charge in [-0.3, -0.25) is 9.69 Å². The zero-order valence-corrected chi connectivity index (χ0v) is 21.0. The number of nitrogens with one attached hydrogen (secondary N) is 1. The van der Waals surface area contributed by atoms with Gasteiger partial charge >= 0.3 is 0 Å². The fraction of sp³-hybridized carbons (Fsp3) is 0.406. The predicted octanol–water partition coefficient (Wildman–Crippen LogP) is 6.51. The molecule has 1 N–H and O–H groups in total. The number of nitrogens with zero attached hydrogens (tertiary/aromatic N) is 1. The Morgan fingerprint density at radius 1 is 0.886 bits per heavy atom. The number of benzene rings is 3. The highest BCUT2D eigenvalue weighted by Gasteiger charge is 2.20. The summed E-state index contributed by atoms with van der Waals surface area (Å²) in [5.74, 6) is 0.792. The van der Waals surface area contributed by atoms with E-state index in [-0.39, 0.29) is 11.9 Å². The molecule has 1 aliphatic heterocycles. The standard InChI is InChI=1S/C32H38N2O/c1-24(30-16-15-28-9-5-6-10-31(28)22-30)33-32(35)29-13-11-27(12-14-29)23-34-19-17-26(18-20-34)21-25-7-3-2-4-8-25/h2-4,7-8,11-16,22,24,26H,5-6,9-10,17-21,23H2,1H3,(H,33,35)/t24-/m1/s1. The van der Waals surface area contributed by atoms with Crippen molar-refractivity contribution in [3.63, 3.8) is 0 Å². The van der Waals surface area contributed by atoms with E-state index >= 15 is 0 Å². The lowest BCUT2D eigenvalue weighted by atomic mass is 9.89. The molecule has 3 heteroatoms. The lowest BCUT2D eigenvalue weighted by Gasteiger charge is -2.32. The van der Waals surface area contributed by atoms with E-state index in [1.165, 1.54) is 66.3 Å². The maximum absolute atomic E-state index is 12.9. The Morgan fingerprint density at radius 2 is 1.60 bits per heavy atom. The van der Waals surface area contributed by atoms with E-state index < -0.39 is 0 Å². The number of likely N-dealkylation sites (tertiary alicyclic amines) is 1. The van der Waals surface area contributed by atoms with Crippen molar-refractivity contribution < 1.29 is 4.79 Å². The molecule has 1 aliphatic carbocycles. The SMILES string of the molecule is C[C@@H](NC(=O)c1ccc(CN2CCC(Cc3ccccc3)CC2)cc1)c1ccc2c(c1)CCCC2. The molecule has 1 atom stereocenters. The zero-order valence-electron chi connectivity index (χ0n) is 21.0. The third-order valence-electron chi connectivity index (χ3n) is 7.92. The molecule has 182 valence electrons. The summed E-state index contributed by atoms with van der Waals surface area (Å²) in [6.07, 6.45) is 8.63. The van der Waals surface area contributed by atoms with Gasteiger partial charge < -0.3 is 5.32 Å². The molecule has 0 spiro atoms. The van der Waals surface area contributed by atoms with Gasteiger partial charge in [-0.25, -0.2) is 0 Å². The zero-order chi connectivity index (χ0) is 24.0. The van der Waals surface area contributed by atoms with Gasteiger partial charge in [-0.1, -0.05) is 60.7 Å². The Balaban J connectivity index is 1.10. The van der Waals surface area contributed by atoms with Crippen molar-refractivity contribution >= 4 is 5.91 Å². The van der Waals surface area contributed by atoms with Gasteiger partial charge in [-0.2, -0.15) is 0 Å². The Labute approximate surface area is 210 Å². The van der Waals surface area contributed by atoms with Crippen LogP contribution >= 0.6 is 0 Å². The van der Waals surface area contributed by atoms with Crippen LogP contribution < -0.4 is 5.32 Å². The van der Waals surface area contributed by atoms with Crippen molar-refractivity contribution in [3.8, 4) is 0 Å². The second kappa shape index (κ2) is 11.2. The van der Waals surface area contributed by atoms with E-state index in [1.807, 2.05) is 12.1 Å². The van der Waals surface area contributed by atoms with Crippen LogP contribution in [0.1, 0.15) is 76.8 Å². The molecule has 2 aliphatic rings. The molecule has 1 fully saturated rings. The van der Waals surface area contributed by atoms with Gasteiger partial charge in [-0.05, 0) is 111 Å². The third kappa shape index (κ3) is 6.21. The minimum Gasteiger partial charge on any atom is -0.346 e. The minimum absolute atomic E-state index is 0.00324. The molecule has 0 radical (unpaired) electrons. The summed E-state index contributed by atoms with van der Waals surface area (Å²) in [6.45, 7) is 5.35. The maximum atomic E-state index is 12.9. The molecule has 1 saturated heterocycles. The first-order valence-corrected chi connectivity index (χ1v) is 13.4. The molecule has 5 rings (SSSR count). The van der Waals surface area contributed by atoms with Gasteiger partial charge in [0.15, 0.2) is 0 Å². The van der Waals surface area contributed by atoms with E-state index in [0.29, 0.717) is 0 Å². The van der Waals surface area contributed by atoms with Crippen LogP contribution in [0.5, 0.6) is 0 Å². The molecular formula is C32H38N2O. The van der Waals surface area contributed by atoms with E-state index in [2.05, 4.69) is 77.8 Å². The van der Waals surface area contributed by atoms with E-state index in [0.717, 1.165) is 37.5 Å². The second-order valence-electron chi connectivity index (χ2n) is 10.5. The van der Waals surface area contributed by atoms with Crippen molar-refractivity contribution in [2.45, 2.75) is 64.5 Å². The lowest BCUT2D eigenvalue weighted by Crippen LogP contribution is -2.33. The van der Waals surface area contributed by atoms with Crippen LogP contribution in [0.3, 0.4) is 0 Å². The summed E-state index contributed by atoms with van der Waals surface area (Å²) in [6, 6.07) is 25.8. The molecule has 0 aromatic heterocycles. The molecule has 1 amide bonds. The normalized spacial score (nSPS) is 17.5. The summed E-state index contributed by atoms with van der Waals surface area (Å²) in [5.41, 5.74) is 7.62. The van der Waals surface area contributed by atoms with Crippen LogP contribution in [-0.2, 0) is 25.8 Å². The first-order chi connectivity index (χ1) is 17.1. The summed E-state index contributed by atoms with van der Waals surface area (Å²) in [7, 11) is 0. The maximum Gasteiger partial charge on any atom is 0.251 e. The molecule has 35 heavy (non-hydrogen) atoms. The average Bonchev–Trinajstić information content (AvgIpc) is 2.90.